The molecule has 0 aliphatic heterocycles. The van der Waals surface area contributed by atoms with E-state index in [1.54, 1.807) is 42.3 Å². The Balaban J connectivity index is 1.74. The number of benzene rings is 2. The van der Waals surface area contributed by atoms with Crippen molar-refractivity contribution in [1.82, 2.24) is 9.21 Å². The van der Waals surface area contributed by atoms with Crippen LogP contribution in [0.4, 0.5) is 11.4 Å². The number of hydrogen-bond acceptors (Lipinski definition) is 7. The largest absolute Gasteiger partial charge is 0.371 e. The topological polar surface area (TPSA) is 107 Å². The van der Waals surface area contributed by atoms with Crippen LogP contribution in [0.5, 0.6) is 0 Å². The summed E-state index contributed by atoms with van der Waals surface area (Å²) in [6.45, 7) is 0.916. The number of amides is 1. The van der Waals surface area contributed by atoms with E-state index in [-0.39, 0.29) is 15.7 Å². The van der Waals surface area contributed by atoms with Gasteiger partial charge in [0.2, 0.25) is 10.0 Å². The van der Waals surface area contributed by atoms with E-state index in [4.69, 9.17) is 0 Å². The molecule has 1 aromatic heterocycles. The van der Waals surface area contributed by atoms with E-state index in [1.165, 1.54) is 49.7 Å². The summed E-state index contributed by atoms with van der Waals surface area (Å²) in [4.78, 5) is 16.6. The summed E-state index contributed by atoms with van der Waals surface area (Å²) >= 11 is 1.38. The molecule has 0 spiro atoms. The minimum atomic E-state index is -3.97. The quantitative estimate of drug-likeness (QED) is 0.427. The number of anilines is 2. The third kappa shape index (κ3) is 6.20. The van der Waals surface area contributed by atoms with Crippen molar-refractivity contribution in [2.75, 3.05) is 50.9 Å². The van der Waals surface area contributed by atoms with Gasteiger partial charge in [-0.05, 0) is 47.8 Å². The highest BCUT2D eigenvalue weighted by Gasteiger charge is 2.21. The zero-order valence-electron chi connectivity index (χ0n) is 19.9. The predicted molar refractivity (Wildman–Crippen MR) is 139 cm³/mol. The average molecular weight is 537 g/mol. The molecule has 0 saturated carbocycles. The maximum atomic E-state index is 13.0. The first-order valence-corrected chi connectivity index (χ1v) is 14.4. The van der Waals surface area contributed by atoms with Crippen LogP contribution in [0.3, 0.4) is 0 Å². The van der Waals surface area contributed by atoms with Crippen molar-refractivity contribution in [3.8, 4) is 0 Å². The average Bonchev–Trinajstić information content (AvgIpc) is 3.37. The molecule has 3 rings (SSSR count). The van der Waals surface area contributed by atoms with E-state index in [1.807, 2.05) is 23.4 Å². The van der Waals surface area contributed by atoms with Crippen LogP contribution < -0.4 is 9.62 Å². The number of likely N-dealkylation sites (N-methyl/N-ethyl adjacent to an activating group) is 2. The van der Waals surface area contributed by atoms with Crippen molar-refractivity contribution < 1.29 is 21.6 Å². The van der Waals surface area contributed by atoms with Gasteiger partial charge in [0.1, 0.15) is 0 Å². The number of carbonyl (C=O) groups excluding carboxylic acids is 1. The molecule has 0 radical (unpaired) electrons. The first-order chi connectivity index (χ1) is 16.4. The molecule has 0 bridgehead atoms. The molecule has 0 aliphatic carbocycles. The fourth-order valence-electron chi connectivity index (χ4n) is 3.21. The van der Waals surface area contributed by atoms with Crippen molar-refractivity contribution in [1.29, 1.82) is 0 Å². The highest BCUT2D eigenvalue weighted by atomic mass is 32.2. The second-order valence-electron chi connectivity index (χ2n) is 8.01. The van der Waals surface area contributed by atoms with Crippen molar-refractivity contribution in [3.05, 3.63) is 70.9 Å². The first kappa shape index (κ1) is 26.7. The Morgan fingerprint density at radius 2 is 1.46 bits per heavy atom. The predicted octanol–water partition coefficient (Wildman–Crippen LogP) is 3.01. The fraction of sp³-hybridized carbons (Fsp3) is 0.261. The maximum absolute atomic E-state index is 13.0. The van der Waals surface area contributed by atoms with E-state index in [0.717, 1.165) is 4.31 Å². The Morgan fingerprint density at radius 3 is 2.06 bits per heavy atom. The van der Waals surface area contributed by atoms with Crippen LogP contribution in [-0.2, 0) is 20.0 Å². The Bertz CT molecular complexity index is 1370. The number of hydrogen-bond donors (Lipinski definition) is 1. The summed E-state index contributed by atoms with van der Waals surface area (Å²) < 4.78 is 54.2. The van der Waals surface area contributed by atoms with Crippen LogP contribution in [0.25, 0.3) is 0 Å². The standard InChI is InChI=1S/C23H28N4O5S3/c1-25(2)35(31,32)19-13-11-18(12-14-19)34(29,30)24-20-8-5-6-9-21(20)26(3)15-16-27(4)23(28)22-10-7-17-33-22/h5-14,17,24H,15-16H2,1-4H3. The van der Waals surface area contributed by atoms with Crippen LogP contribution >= 0.6 is 11.3 Å². The third-order valence-corrected chi connectivity index (χ3v) is 9.39. The van der Waals surface area contributed by atoms with E-state index in [0.29, 0.717) is 29.3 Å². The normalized spacial score (nSPS) is 11.9. The molecule has 188 valence electrons. The summed E-state index contributed by atoms with van der Waals surface area (Å²) in [7, 11) is -1.28. The van der Waals surface area contributed by atoms with Crippen molar-refractivity contribution in [2.45, 2.75) is 9.79 Å². The van der Waals surface area contributed by atoms with Gasteiger partial charge >= 0.3 is 0 Å². The monoisotopic (exact) mass is 536 g/mol. The molecule has 35 heavy (non-hydrogen) atoms. The van der Waals surface area contributed by atoms with Crippen molar-refractivity contribution in [3.63, 3.8) is 0 Å². The second-order valence-corrected chi connectivity index (χ2v) is 12.8. The van der Waals surface area contributed by atoms with Crippen molar-refractivity contribution >= 4 is 48.7 Å². The Labute approximate surface area is 210 Å². The number of carbonyl (C=O) groups is 1. The summed E-state index contributed by atoms with van der Waals surface area (Å²) in [5.74, 6) is -0.0675. The van der Waals surface area contributed by atoms with E-state index in [2.05, 4.69) is 4.72 Å². The number of sulfonamides is 2. The number of thiophene rings is 1. The minimum absolute atomic E-state index is 0.00259. The van der Waals surface area contributed by atoms with E-state index >= 15 is 0 Å². The van der Waals surface area contributed by atoms with Crippen LogP contribution in [-0.4, -0.2) is 73.2 Å². The lowest BCUT2D eigenvalue weighted by Gasteiger charge is -2.25. The lowest BCUT2D eigenvalue weighted by atomic mass is 10.2. The number of para-hydroxylation sites is 2. The molecule has 12 heteroatoms. The molecule has 0 atom stereocenters. The highest BCUT2D eigenvalue weighted by Crippen LogP contribution is 2.28. The zero-order chi connectivity index (χ0) is 25.8. The second kappa shape index (κ2) is 10.8. The van der Waals surface area contributed by atoms with Crippen LogP contribution in [0.15, 0.2) is 75.8 Å². The Morgan fingerprint density at radius 1 is 0.829 bits per heavy atom. The molecule has 1 N–H and O–H groups in total. The molecule has 9 nitrogen and oxygen atoms in total. The van der Waals surface area contributed by atoms with Gasteiger partial charge in [0, 0.05) is 41.3 Å². The molecule has 0 aliphatic rings. The van der Waals surface area contributed by atoms with E-state index < -0.39 is 20.0 Å². The summed E-state index contributed by atoms with van der Waals surface area (Å²) in [5, 5.41) is 1.85. The fourth-order valence-corrected chi connectivity index (χ4v) is 5.90. The summed E-state index contributed by atoms with van der Waals surface area (Å²) in [5.41, 5.74) is 1.01. The van der Waals surface area contributed by atoms with Crippen molar-refractivity contribution in [2.24, 2.45) is 0 Å². The SMILES string of the molecule is CN(CCN(C)c1ccccc1NS(=O)(=O)c1ccc(S(=O)(=O)N(C)C)cc1)C(=O)c1cccs1. The van der Waals surface area contributed by atoms with Gasteiger partial charge in [-0.3, -0.25) is 9.52 Å². The van der Waals surface area contributed by atoms with Gasteiger partial charge in [0.15, 0.2) is 0 Å². The van der Waals surface area contributed by atoms with Gasteiger partial charge in [-0.25, -0.2) is 21.1 Å². The zero-order valence-corrected chi connectivity index (χ0v) is 22.3. The van der Waals surface area contributed by atoms with Crippen LogP contribution in [0, 0.1) is 0 Å². The molecular formula is C23H28N4O5S3. The molecule has 3 aromatic rings. The van der Waals surface area contributed by atoms with E-state index in [9.17, 15) is 21.6 Å². The number of nitrogens with zero attached hydrogens (tertiary/aromatic N) is 3. The summed E-state index contributed by atoms with van der Waals surface area (Å²) in [6.07, 6.45) is 0. The van der Waals surface area contributed by atoms with Gasteiger partial charge < -0.3 is 9.80 Å². The molecule has 0 unspecified atom stereocenters. The third-order valence-electron chi connectivity index (χ3n) is 5.32. The van der Waals surface area contributed by atoms with Gasteiger partial charge in [-0.2, -0.15) is 0 Å². The van der Waals surface area contributed by atoms with Crippen LogP contribution in [0.1, 0.15) is 9.67 Å². The molecule has 1 amide bonds. The Hall–Kier alpha value is -2.93. The Kier molecular flexibility index (Phi) is 8.21. The minimum Gasteiger partial charge on any atom is -0.371 e. The lowest BCUT2D eigenvalue weighted by molar-refractivity contribution is 0.0803. The lowest BCUT2D eigenvalue weighted by Crippen LogP contribution is -2.34. The molecule has 1 heterocycles. The molecule has 0 fully saturated rings. The number of rotatable bonds is 10. The molecular weight excluding hydrogens is 508 g/mol. The first-order valence-electron chi connectivity index (χ1n) is 10.6. The van der Waals surface area contributed by atoms with Gasteiger partial charge in [-0.15, -0.1) is 11.3 Å². The van der Waals surface area contributed by atoms with Gasteiger partial charge in [0.25, 0.3) is 15.9 Å². The smallest absolute Gasteiger partial charge is 0.263 e. The molecule has 0 saturated heterocycles. The van der Waals surface area contributed by atoms with Gasteiger partial charge in [-0.1, -0.05) is 18.2 Å². The van der Waals surface area contributed by atoms with Crippen LogP contribution in [0.2, 0.25) is 0 Å². The van der Waals surface area contributed by atoms with Gasteiger partial charge in [0.05, 0.1) is 26.0 Å². The summed E-state index contributed by atoms with van der Waals surface area (Å²) in [6, 6.07) is 15.6. The number of nitrogens with one attached hydrogen (secondary N) is 1. The highest BCUT2D eigenvalue weighted by molar-refractivity contribution is 7.92. The maximum Gasteiger partial charge on any atom is 0.263 e. The molecule has 2 aromatic carbocycles.